The van der Waals surface area contributed by atoms with E-state index in [-0.39, 0.29) is 34.6 Å². The van der Waals surface area contributed by atoms with E-state index in [0.717, 1.165) is 31.4 Å². The minimum Gasteiger partial charge on any atom is -0.593 e. The van der Waals surface area contributed by atoms with Gasteiger partial charge in [0.25, 0.3) is 0 Å². The first-order chi connectivity index (χ1) is 15.8. The number of hydrogen-bond donors (Lipinski definition) is 0. The molecule has 0 radical (unpaired) electrons. The average molecular weight is 475 g/mol. The van der Waals surface area contributed by atoms with E-state index in [0.29, 0.717) is 43.9 Å². The zero-order valence-corrected chi connectivity index (χ0v) is 19.9. The predicted octanol–water partition coefficient (Wildman–Crippen LogP) is 3.32. The molecule has 1 atom stereocenters. The van der Waals surface area contributed by atoms with Gasteiger partial charge in [-0.25, -0.2) is 4.79 Å². The summed E-state index contributed by atoms with van der Waals surface area (Å²) in [5.41, 5.74) is 1.39. The Morgan fingerprint density at radius 2 is 1.79 bits per heavy atom. The van der Waals surface area contributed by atoms with Crippen molar-refractivity contribution in [2.45, 2.75) is 69.9 Å². The van der Waals surface area contributed by atoms with Gasteiger partial charge in [-0.3, -0.25) is 9.36 Å². The highest BCUT2D eigenvalue weighted by molar-refractivity contribution is 7.95. The maximum atomic E-state index is 13.2. The lowest BCUT2D eigenvalue weighted by atomic mass is 9.77. The molecule has 0 spiro atoms. The Bertz CT molecular complexity index is 1090. The fourth-order valence-corrected chi connectivity index (χ4v) is 7.52. The Morgan fingerprint density at radius 3 is 2.39 bits per heavy atom. The van der Waals surface area contributed by atoms with E-state index in [1.807, 2.05) is 23.2 Å². The van der Waals surface area contributed by atoms with Gasteiger partial charge in [0.1, 0.15) is 11.5 Å². The van der Waals surface area contributed by atoms with Gasteiger partial charge in [-0.1, -0.05) is 9.37 Å². The first-order valence-electron chi connectivity index (χ1n) is 11.7. The quantitative estimate of drug-likeness (QED) is 0.615. The number of rotatable bonds is 5. The predicted molar refractivity (Wildman–Crippen MR) is 119 cm³/mol. The molecule has 0 aromatic carbocycles. The zero-order valence-electron chi connectivity index (χ0n) is 19.1. The van der Waals surface area contributed by atoms with Crippen LogP contribution in [0.1, 0.15) is 55.7 Å². The Morgan fingerprint density at radius 1 is 1.12 bits per heavy atom. The molecule has 10 heteroatoms. The molecule has 2 fully saturated rings. The van der Waals surface area contributed by atoms with Crippen molar-refractivity contribution in [3.8, 4) is 0 Å². The number of piperidine rings is 1. The van der Waals surface area contributed by atoms with Crippen molar-refractivity contribution in [3.63, 3.8) is 0 Å². The number of nitrogens with zero attached hydrogens (tertiary/aromatic N) is 4. The zero-order chi connectivity index (χ0) is 23.3. The highest BCUT2D eigenvalue weighted by Crippen LogP contribution is 2.36. The molecule has 1 amide bonds. The van der Waals surface area contributed by atoms with Crippen LogP contribution < -0.4 is 0 Å². The molecule has 2 aromatic rings. The van der Waals surface area contributed by atoms with Crippen molar-refractivity contribution in [2.24, 2.45) is 11.8 Å². The van der Waals surface area contributed by atoms with Crippen LogP contribution in [-0.2, 0) is 25.9 Å². The van der Waals surface area contributed by atoms with Crippen LogP contribution in [0.4, 0.5) is 4.79 Å². The molecule has 1 saturated carbocycles. The molecule has 9 nitrogen and oxygen atoms in total. The highest BCUT2D eigenvalue weighted by Gasteiger charge is 2.42. The van der Waals surface area contributed by atoms with Crippen molar-refractivity contribution in [1.82, 2.24) is 18.9 Å². The van der Waals surface area contributed by atoms with Gasteiger partial charge < -0.3 is 14.0 Å². The minimum absolute atomic E-state index is 0.00796. The third-order valence-corrected chi connectivity index (χ3v) is 9.72. The number of sulfonamides is 1. The molecule has 1 aliphatic carbocycles. The summed E-state index contributed by atoms with van der Waals surface area (Å²) >= 11 is 0. The summed E-state index contributed by atoms with van der Waals surface area (Å²) in [5, 5.41) is 3.77. The van der Waals surface area contributed by atoms with Crippen LogP contribution in [0.25, 0.3) is 0 Å². The second kappa shape index (κ2) is 8.48. The number of aryl methyl sites for hydroxylation is 2. The largest absolute Gasteiger partial charge is 0.593 e. The van der Waals surface area contributed by atoms with Gasteiger partial charge in [0, 0.05) is 49.8 Å². The van der Waals surface area contributed by atoms with Crippen LogP contribution in [-0.4, -0.2) is 54.4 Å². The van der Waals surface area contributed by atoms with Gasteiger partial charge in [0.2, 0.25) is 4.90 Å². The van der Waals surface area contributed by atoms with Crippen LogP contribution in [0.3, 0.4) is 0 Å². The summed E-state index contributed by atoms with van der Waals surface area (Å²) in [5.74, 6) is 0.471. The van der Waals surface area contributed by atoms with E-state index in [1.54, 1.807) is 18.4 Å². The van der Waals surface area contributed by atoms with E-state index in [4.69, 9.17) is 4.52 Å². The molecule has 5 rings (SSSR count). The maximum absolute atomic E-state index is 13.2. The van der Waals surface area contributed by atoms with Gasteiger partial charge in [0.15, 0.2) is 16.2 Å². The molecule has 0 N–H and O–H groups in total. The number of ketones is 1. The first-order valence-corrected chi connectivity index (χ1v) is 13.2. The van der Waals surface area contributed by atoms with E-state index in [1.165, 1.54) is 4.31 Å². The van der Waals surface area contributed by atoms with Crippen molar-refractivity contribution in [1.29, 1.82) is 0 Å². The maximum Gasteiger partial charge on any atom is 0.329 e. The van der Waals surface area contributed by atoms with Crippen LogP contribution in [0.15, 0.2) is 27.7 Å². The third kappa shape index (κ3) is 3.87. The molecule has 33 heavy (non-hydrogen) atoms. The number of Topliss-reactive ketones (excluding diaryl/α,β-unsaturated/α-hetero) is 1. The summed E-state index contributed by atoms with van der Waals surface area (Å²) in [7, 11) is -3.67. The Balaban J connectivity index is 1.14. The molecule has 4 heterocycles. The molecular formula is C23H30N4O5S. The highest BCUT2D eigenvalue weighted by atomic mass is 32.3. The summed E-state index contributed by atoms with van der Waals surface area (Å²) in [4.78, 5) is 27.9. The molecule has 3 aliphatic rings. The average Bonchev–Trinajstić information content (AvgIpc) is 3.50. The summed E-state index contributed by atoms with van der Waals surface area (Å²) in [6.07, 6.45) is 6.16. The third-order valence-electron chi connectivity index (χ3n) is 7.58. The summed E-state index contributed by atoms with van der Waals surface area (Å²) in [6, 6.07) is 4.09. The van der Waals surface area contributed by atoms with Gasteiger partial charge in [0.05, 0.1) is 6.54 Å². The molecule has 2 aliphatic heterocycles. The van der Waals surface area contributed by atoms with E-state index >= 15 is 0 Å². The topological polar surface area (TPSA) is 112 Å². The lowest BCUT2D eigenvalue weighted by Gasteiger charge is -2.37. The number of fused-ring (bicyclic) bond motifs is 1. The van der Waals surface area contributed by atoms with Gasteiger partial charge in [-0.15, -0.1) is 4.31 Å². The van der Waals surface area contributed by atoms with Gasteiger partial charge in [-0.2, -0.15) is 0 Å². The van der Waals surface area contributed by atoms with Crippen molar-refractivity contribution in [3.05, 3.63) is 35.5 Å². The number of aromatic nitrogens is 2. The van der Waals surface area contributed by atoms with Crippen molar-refractivity contribution >= 4 is 22.2 Å². The first kappa shape index (κ1) is 22.5. The SMILES string of the molecule is Cc1noc(C)c1[S+](=O)([O-])N1CCC(C(=O)C2CCC(N3Cc4cccn4C3=O)CC2)CC1. The molecule has 2 aromatic heterocycles. The number of carbonyl (C=O) groups excluding carboxylic acids is 2. The smallest absolute Gasteiger partial charge is 0.329 e. The molecule has 1 saturated heterocycles. The van der Waals surface area contributed by atoms with E-state index in [9.17, 15) is 18.4 Å². The molecular weight excluding hydrogens is 444 g/mol. The number of carbonyl (C=O) groups is 2. The van der Waals surface area contributed by atoms with Gasteiger partial charge >= 0.3 is 6.03 Å². The lowest BCUT2D eigenvalue weighted by molar-refractivity contribution is -0.129. The summed E-state index contributed by atoms with van der Waals surface area (Å²) < 4.78 is 34.3. The normalized spacial score (nSPS) is 26.4. The van der Waals surface area contributed by atoms with Crippen LogP contribution >= 0.6 is 0 Å². The van der Waals surface area contributed by atoms with Crippen LogP contribution in [0.2, 0.25) is 0 Å². The van der Waals surface area contributed by atoms with Gasteiger partial charge in [-0.05, 0) is 57.6 Å². The standard InChI is InChI=1S/C23H30N4O5S/c1-15-22(16(2)32-24-15)33(30,31)25-12-9-18(10-13-25)21(28)17-5-7-19(8-6-17)27-14-20-4-3-11-26(20)23(27)29/h3-4,11,17-19H,5-10,12-14H2,1-2H3. The Hall–Kier alpha value is -2.30. The van der Waals surface area contributed by atoms with Crippen LogP contribution in [0, 0.1) is 25.7 Å². The fraction of sp³-hybridized carbons (Fsp3) is 0.609. The second-order valence-corrected chi connectivity index (χ2v) is 11.4. The minimum atomic E-state index is -3.67. The van der Waals surface area contributed by atoms with E-state index in [2.05, 4.69) is 5.16 Å². The lowest BCUT2D eigenvalue weighted by Crippen LogP contribution is -2.45. The Labute approximate surface area is 194 Å². The molecule has 1 unspecified atom stereocenters. The summed E-state index contributed by atoms with van der Waals surface area (Å²) in [6.45, 7) is 4.54. The number of amides is 1. The van der Waals surface area contributed by atoms with Crippen molar-refractivity contribution < 1.29 is 22.9 Å². The van der Waals surface area contributed by atoms with Crippen molar-refractivity contribution in [2.75, 3.05) is 13.1 Å². The number of hydrogen-bond acceptors (Lipinski definition) is 6. The monoisotopic (exact) mass is 474 g/mol. The second-order valence-electron chi connectivity index (χ2n) is 9.52. The molecule has 178 valence electrons. The molecule has 0 bridgehead atoms. The Kier molecular flexibility index (Phi) is 5.78. The fourth-order valence-electron chi connectivity index (χ4n) is 5.76. The van der Waals surface area contributed by atoms with Crippen LogP contribution in [0.5, 0.6) is 0 Å². The van der Waals surface area contributed by atoms with E-state index < -0.39 is 10.4 Å².